The molecule has 0 saturated heterocycles. The maximum absolute atomic E-state index is 12.1. The number of benzene rings is 1. The summed E-state index contributed by atoms with van der Waals surface area (Å²) in [7, 11) is 0. The molecule has 1 aromatic carbocycles. The van der Waals surface area contributed by atoms with Crippen LogP contribution < -0.4 is 10.6 Å². The Morgan fingerprint density at radius 3 is 2.66 bits per heavy atom. The molecule has 0 aliphatic carbocycles. The lowest BCUT2D eigenvalue weighted by molar-refractivity contribution is 0.0531. The smallest absolute Gasteiger partial charge is 0.350 e. The summed E-state index contributed by atoms with van der Waals surface area (Å²) >= 11 is -0.981. The molecule has 0 spiro atoms. The van der Waals surface area contributed by atoms with Crippen molar-refractivity contribution in [2.75, 3.05) is 17.2 Å². The van der Waals surface area contributed by atoms with E-state index in [1.54, 1.807) is 38.2 Å². The average molecular weight is 514 g/mol. The van der Waals surface area contributed by atoms with Gasteiger partial charge in [0.2, 0.25) is 5.95 Å². The highest BCUT2D eigenvalue weighted by Crippen LogP contribution is 2.27. The number of ether oxygens (including phenoxy) is 1. The molecule has 0 radical (unpaired) electrons. The van der Waals surface area contributed by atoms with Crippen LogP contribution in [0.1, 0.15) is 33.4 Å². The molecule has 0 aliphatic heterocycles. The first kappa shape index (κ1) is 24.4. The lowest BCUT2D eigenvalue weighted by Gasteiger charge is -2.10. The quantitative estimate of drug-likeness (QED) is 0.235. The van der Waals surface area contributed by atoms with Crippen molar-refractivity contribution in [1.29, 1.82) is 0 Å². The van der Waals surface area contributed by atoms with Crippen LogP contribution in [0, 0.1) is 6.92 Å². The van der Waals surface area contributed by atoms with Gasteiger partial charge in [-0.3, -0.25) is 9.53 Å². The molecule has 0 aliphatic rings. The maximum atomic E-state index is 12.1. The zero-order valence-electron chi connectivity index (χ0n) is 18.8. The van der Waals surface area contributed by atoms with Gasteiger partial charge in [0, 0.05) is 18.4 Å². The molecule has 3 aromatic heterocycles. The number of rotatable bonds is 10. The van der Waals surface area contributed by atoms with Crippen molar-refractivity contribution >= 4 is 45.3 Å². The van der Waals surface area contributed by atoms with Gasteiger partial charge in [0.05, 0.1) is 18.5 Å². The first-order chi connectivity index (χ1) is 16.9. The van der Waals surface area contributed by atoms with Gasteiger partial charge < -0.3 is 19.0 Å². The molecule has 0 fully saturated rings. The molecule has 1 unspecified atom stereocenters. The summed E-state index contributed by atoms with van der Waals surface area (Å²) < 4.78 is 32.2. The van der Waals surface area contributed by atoms with Crippen molar-refractivity contribution in [3.8, 4) is 11.5 Å². The van der Waals surface area contributed by atoms with Gasteiger partial charge in [0.1, 0.15) is 16.4 Å². The molecular formula is C22H21N6O5S2-. The molecule has 4 rings (SSSR count). The minimum atomic E-state index is -2.13. The number of nitrogens with one attached hydrogen (secondary N) is 2. The van der Waals surface area contributed by atoms with Crippen LogP contribution in [0.5, 0.6) is 0 Å². The highest BCUT2D eigenvalue weighted by atomic mass is 32.2. The average Bonchev–Trinajstić information content (AvgIpc) is 3.48. The van der Waals surface area contributed by atoms with E-state index in [4.69, 9.17) is 9.15 Å². The Morgan fingerprint density at radius 1 is 1.20 bits per heavy atom. The fraction of sp³-hybridized carbons (Fsp3) is 0.227. The number of aryl methyl sites for hydroxylation is 1. The first-order valence-electron chi connectivity index (χ1n) is 10.5. The van der Waals surface area contributed by atoms with Gasteiger partial charge in [-0.2, -0.15) is 4.98 Å². The second-order valence-corrected chi connectivity index (χ2v) is 9.12. The van der Waals surface area contributed by atoms with E-state index < -0.39 is 17.0 Å². The normalized spacial score (nSPS) is 11.7. The third kappa shape index (κ3) is 6.47. The van der Waals surface area contributed by atoms with E-state index in [1.807, 2.05) is 12.1 Å². The third-order valence-electron chi connectivity index (χ3n) is 4.67. The van der Waals surface area contributed by atoms with Crippen LogP contribution in [0.4, 0.5) is 16.9 Å². The highest BCUT2D eigenvalue weighted by molar-refractivity contribution is 7.78. The van der Waals surface area contributed by atoms with Crippen LogP contribution in [0.25, 0.3) is 11.5 Å². The second kappa shape index (κ2) is 11.2. The molecule has 13 heteroatoms. The van der Waals surface area contributed by atoms with Crippen molar-refractivity contribution in [1.82, 2.24) is 19.9 Å². The molecule has 1 atom stereocenters. The number of anilines is 3. The Morgan fingerprint density at radius 2 is 1.97 bits per heavy atom. The summed E-state index contributed by atoms with van der Waals surface area (Å²) in [5, 5.41) is 6.72. The Kier molecular flexibility index (Phi) is 7.80. The molecule has 2 N–H and O–H groups in total. The van der Waals surface area contributed by atoms with E-state index in [0.29, 0.717) is 45.1 Å². The molecule has 182 valence electrons. The zero-order chi connectivity index (χ0) is 24.8. The Bertz CT molecular complexity index is 1320. The summed E-state index contributed by atoms with van der Waals surface area (Å²) in [6.45, 7) is 4.19. The topological polar surface area (TPSA) is 155 Å². The fourth-order valence-corrected chi connectivity index (χ4v) is 4.39. The second-order valence-electron chi connectivity index (χ2n) is 7.22. The predicted octanol–water partition coefficient (Wildman–Crippen LogP) is 3.81. The highest BCUT2D eigenvalue weighted by Gasteiger charge is 2.18. The molecule has 4 aromatic rings. The van der Waals surface area contributed by atoms with E-state index in [-0.39, 0.29) is 18.3 Å². The number of hydrogen-bond donors (Lipinski definition) is 2. The summed E-state index contributed by atoms with van der Waals surface area (Å²) in [6, 6.07) is 8.96. The SMILES string of the molecule is CCOC(=O)c1sc(Nc2nc(NCc3ccc(CS(=O)[O-])cc3)cc(-c3cnco3)n2)nc1C. The Labute approximate surface area is 207 Å². The van der Waals surface area contributed by atoms with Crippen molar-refractivity contribution in [3.05, 3.63) is 64.6 Å². The summed E-state index contributed by atoms with van der Waals surface area (Å²) in [4.78, 5) is 29.8. The van der Waals surface area contributed by atoms with Gasteiger partial charge in [-0.05, 0) is 25.0 Å². The first-order valence-corrected chi connectivity index (χ1v) is 12.5. The summed E-state index contributed by atoms with van der Waals surface area (Å²) in [6.07, 6.45) is 2.85. The zero-order valence-corrected chi connectivity index (χ0v) is 20.4. The fourth-order valence-electron chi connectivity index (χ4n) is 3.08. The van der Waals surface area contributed by atoms with Crippen molar-refractivity contribution in [3.63, 3.8) is 0 Å². The Balaban J connectivity index is 1.54. The van der Waals surface area contributed by atoms with Gasteiger partial charge in [0.25, 0.3) is 0 Å². The molecular weight excluding hydrogens is 492 g/mol. The van der Waals surface area contributed by atoms with E-state index in [1.165, 1.54) is 6.39 Å². The molecule has 0 bridgehead atoms. The van der Waals surface area contributed by atoms with Gasteiger partial charge >= 0.3 is 5.97 Å². The van der Waals surface area contributed by atoms with E-state index in [0.717, 1.165) is 16.9 Å². The van der Waals surface area contributed by atoms with Gasteiger partial charge in [-0.1, -0.05) is 46.7 Å². The Hall–Kier alpha value is -3.68. The summed E-state index contributed by atoms with van der Waals surface area (Å²) in [5.41, 5.74) is 2.69. The van der Waals surface area contributed by atoms with Gasteiger partial charge in [0.15, 0.2) is 17.3 Å². The van der Waals surface area contributed by atoms with E-state index in [9.17, 15) is 13.6 Å². The van der Waals surface area contributed by atoms with Crippen molar-refractivity contribution in [2.24, 2.45) is 0 Å². The molecule has 35 heavy (non-hydrogen) atoms. The monoisotopic (exact) mass is 513 g/mol. The van der Waals surface area contributed by atoms with Crippen LogP contribution in [0.15, 0.2) is 47.3 Å². The number of carbonyl (C=O) groups excluding carboxylic acids is 1. The van der Waals surface area contributed by atoms with Crippen molar-refractivity contribution in [2.45, 2.75) is 26.1 Å². The lowest BCUT2D eigenvalue weighted by atomic mass is 10.1. The van der Waals surface area contributed by atoms with Crippen LogP contribution in [0.2, 0.25) is 0 Å². The maximum Gasteiger partial charge on any atom is 0.350 e. The van der Waals surface area contributed by atoms with Gasteiger partial charge in [-0.25, -0.2) is 19.7 Å². The van der Waals surface area contributed by atoms with Crippen LogP contribution >= 0.6 is 11.3 Å². The molecule has 3 heterocycles. The molecule has 0 amide bonds. The number of oxazole rings is 1. The number of nitrogens with zero attached hydrogens (tertiary/aromatic N) is 4. The predicted molar refractivity (Wildman–Crippen MR) is 130 cm³/mol. The van der Waals surface area contributed by atoms with Crippen LogP contribution in [0.3, 0.4) is 0 Å². The van der Waals surface area contributed by atoms with Crippen LogP contribution in [-0.2, 0) is 28.1 Å². The number of aromatic nitrogens is 4. The van der Waals surface area contributed by atoms with Crippen LogP contribution in [-0.4, -0.2) is 41.3 Å². The van der Waals surface area contributed by atoms with E-state index in [2.05, 4.69) is 30.6 Å². The largest absolute Gasteiger partial charge is 0.772 e. The number of hydrogen-bond acceptors (Lipinski definition) is 12. The lowest BCUT2D eigenvalue weighted by Crippen LogP contribution is -2.05. The number of esters is 1. The number of thiazole rings is 1. The number of carbonyl (C=O) groups is 1. The van der Waals surface area contributed by atoms with E-state index >= 15 is 0 Å². The third-order valence-corrected chi connectivity index (χ3v) is 6.29. The van der Waals surface area contributed by atoms with Gasteiger partial charge in [-0.15, -0.1) is 0 Å². The minimum absolute atomic E-state index is 0.0245. The minimum Gasteiger partial charge on any atom is -0.772 e. The molecule has 0 saturated carbocycles. The standard InChI is InChI=1S/C22H22N6O5S2/c1-3-32-20(29)19-13(2)25-22(34-19)28-21-26-16(17-10-23-12-33-17)8-18(27-21)24-9-14-4-6-15(7-5-14)11-35(30)31/h4-8,10,12H,3,9,11H2,1-2H3,(H,30,31)(H2,24,25,26,27,28)/p-1. The molecule has 11 nitrogen and oxygen atoms in total. The summed E-state index contributed by atoms with van der Waals surface area (Å²) in [5.74, 6) is 0.762. The van der Waals surface area contributed by atoms with Crippen molar-refractivity contribution < 1.29 is 22.7 Å².